The van der Waals surface area contributed by atoms with Crippen molar-refractivity contribution in [1.29, 1.82) is 0 Å². The molecule has 2 aromatic carbocycles. The predicted molar refractivity (Wildman–Crippen MR) is 116 cm³/mol. The van der Waals surface area contributed by atoms with Crippen molar-refractivity contribution in [1.82, 2.24) is 5.48 Å². The van der Waals surface area contributed by atoms with Crippen LogP contribution in [0, 0.1) is 0 Å². The molecule has 1 aliphatic rings. The molecular formula is C22H23BrN2O5. The monoisotopic (exact) mass is 474 g/mol. The van der Waals surface area contributed by atoms with Gasteiger partial charge in [-0.05, 0) is 42.0 Å². The van der Waals surface area contributed by atoms with Crippen molar-refractivity contribution in [3.63, 3.8) is 0 Å². The summed E-state index contributed by atoms with van der Waals surface area (Å²) < 4.78 is 12.6. The molecule has 0 aromatic heterocycles. The number of aliphatic hydroxyl groups is 1. The second-order valence-electron chi connectivity index (χ2n) is 6.77. The topological polar surface area (TPSA) is 100 Å². The molecule has 1 heterocycles. The zero-order valence-electron chi connectivity index (χ0n) is 16.3. The smallest absolute Gasteiger partial charge is 0.275 e. The molecular weight excluding hydrogens is 452 g/mol. The van der Waals surface area contributed by atoms with E-state index < -0.39 is 17.6 Å². The highest BCUT2D eigenvalue weighted by molar-refractivity contribution is 9.10. The molecule has 0 bridgehead atoms. The number of hydrogen-bond donors (Lipinski definition) is 3. The average molecular weight is 475 g/mol. The molecule has 8 heteroatoms. The van der Waals surface area contributed by atoms with Crippen LogP contribution in [0.15, 0.2) is 70.7 Å². The van der Waals surface area contributed by atoms with Crippen LogP contribution in [0.1, 0.15) is 30.1 Å². The van der Waals surface area contributed by atoms with E-state index in [1.807, 2.05) is 24.3 Å². The SMILES string of the molecule is C=CC[C@]1(C(=O)NO)N=C(c2ccc(OCCCO)cc2)O[C@H]1c1ccc(Br)cc1. The van der Waals surface area contributed by atoms with E-state index in [1.165, 1.54) is 0 Å². The van der Waals surface area contributed by atoms with Gasteiger partial charge in [0.15, 0.2) is 11.6 Å². The van der Waals surface area contributed by atoms with Crippen molar-refractivity contribution < 1.29 is 24.6 Å². The third-order valence-electron chi connectivity index (χ3n) is 4.76. The zero-order valence-corrected chi connectivity index (χ0v) is 17.8. The summed E-state index contributed by atoms with van der Waals surface area (Å²) in [5.74, 6) is 0.269. The second kappa shape index (κ2) is 9.88. The molecule has 1 amide bonds. The van der Waals surface area contributed by atoms with Gasteiger partial charge in [0.05, 0.1) is 6.61 Å². The van der Waals surface area contributed by atoms with Crippen LogP contribution in [0.3, 0.4) is 0 Å². The lowest BCUT2D eigenvalue weighted by Crippen LogP contribution is -2.47. The first-order valence-electron chi connectivity index (χ1n) is 9.45. The molecule has 30 heavy (non-hydrogen) atoms. The van der Waals surface area contributed by atoms with Gasteiger partial charge in [-0.3, -0.25) is 10.0 Å². The first kappa shape index (κ1) is 22.0. The van der Waals surface area contributed by atoms with Crippen LogP contribution in [-0.2, 0) is 9.53 Å². The summed E-state index contributed by atoms with van der Waals surface area (Å²) in [4.78, 5) is 17.3. The number of carbonyl (C=O) groups is 1. The van der Waals surface area contributed by atoms with Gasteiger partial charge in [-0.1, -0.05) is 34.1 Å². The molecule has 3 rings (SSSR count). The van der Waals surface area contributed by atoms with E-state index in [-0.39, 0.29) is 18.9 Å². The van der Waals surface area contributed by atoms with Gasteiger partial charge in [0.25, 0.3) is 5.91 Å². The molecule has 0 spiro atoms. The Hall–Kier alpha value is -2.68. The van der Waals surface area contributed by atoms with Crippen LogP contribution in [0.25, 0.3) is 0 Å². The highest BCUT2D eigenvalue weighted by Gasteiger charge is 2.52. The summed E-state index contributed by atoms with van der Waals surface area (Å²) in [7, 11) is 0. The highest BCUT2D eigenvalue weighted by atomic mass is 79.9. The van der Waals surface area contributed by atoms with Crippen molar-refractivity contribution in [3.8, 4) is 5.75 Å². The number of aliphatic hydroxyl groups excluding tert-OH is 1. The largest absolute Gasteiger partial charge is 0.494 e. The minimum Gasteiger partial charge on any atom is -0.494 e. The Balaban J connectivity index is 1.95. The number of amides is 1. The van der Waals surface area contributed by atoms with Gasteiger partial charge in [0.1, 0.15) is 5.75 Å². The number of carbonyl (C=O) groups excluding carboxylic acids is 1. The van der Waals surface area contributed by atoms with E-state index in [0.29, 0.717) is 24.3 Å². The van der Waals surface area contributed by atoms with Gasteiger partial charge in [-0.15, -0.1) is 6.58 Å². The molecule has 1 aliphatic heterocycles. The Morgan fingerprint density at radius 3 is 2.57 bits per heavy atom. The number of nitrogens with zero attached hydrogens (tertiary/aromatic N) is 1. The van der Waals surface area contributed by atoms with Gasteiger partial charge in [0, 0.05) is 29.5 Å². The number of benzene rings is 2. The number of ether oxygens (including phenoxy) is 2. The molecule has 0 radical (unpaired) electrons. The van der Waals surface area contributed by atoms with Gasteiger partial charge in [-0.25, -0.2) is 10.5 Å². The lowest BCUT2D eigenvalue weighted by atomic mass is 9.85. The number of hydroxylamine groups is 1. The summed E-state index contributed by atoms with van der Waals surface area (Å²) in [6.07, 6.45) is 1.56. The molecule has 0 saturated carbocycles. The molecule has 7 nitrogen and oxygen atoms in total. The third-order valence-corrected chi connectivity index (χ3v) is 5.29. The maximum atomic E-state index is 12.7. The van der Waals surface area contributed by atoms with Crippen LogP contribution in [0.4, 0.5) is 0 Å². The molecule has 3 N–H and O–H groups in total. The van der Waals surface area contributed by atoms with Crippen molar-refractivity contribution >= 4 is 27.7 Å². The first-order chi connectivity index (χ1) is 14.5. The number of hydrogen-bond acceptors (Lipinski definition) is 6. The number of halogens is 1. The predicted octanol–water partition coefficient (Wildman–Crippen LogP) is 3.55. The third kappa shape index (κ3) is 4.56. The highest BCUT2D eigenvalue weighted by Crippen LogP contribution is 2.42. The normalized spacial score (nSPS) is 20.2. The lowest BCUT2D eigenvalue weighted by Gasteiger charge is -2.28. The summed E-state index contributed by atoms with van der Waals surface area (Å²) in [5, 5.41) is 18.2. The van der Waals surface area contributed by atoms with Gasteiger partial charge >= 0.3 is 0 Å². The van der Waals surface area contributed by atoms with E-state index in [0.717, 1.165) is 10.0 Å². The van der Waals surface area contributed by atoms with Crippen LogP contribution < -0.4 is 10.2 Å². The second-order valence-corrected chi connectivity index (χ2v) is 7.69. The summed E-state index contributed by atoms with van der Waals surface area (Å²) in [5.41, 5.74) is 1.75. The van der Waals surface area contributed by atoms with Crippen molar-refractivity contribution in [2.45, 2.75) is 24.5 Å². The Morgan fingerprint density at radius 1 is 1.27 bits per heavy atom. The maximum Gasteiger partial charge on any atom is 0.275 e. The van der Waals surface area contributed by atoms with E-state index in [1.54, 1.807) is 35.8 Å². The quantitative estimate of drug-likeness (QED) is 0.223. The summed E-state index contributed by atoms with van der Waals surface area (Å²) >= 11 is 3.40. The van der Waals surface area contributed by atoms with Crippen molar-refractivity contribution in [3.05, 3.63) is 76.8 Å². The fourth-order valence-electron chi connectivity index (χ4n) is 3.27. The zero-order chi connectivity index (χ0) is 21.6. The fraction of sp³-hybridized carbons (Fsp3) is 0.273. The fourth-order valence-corrected chi connectivity index (χ4v) is 3.53. The standard InChI is InChI=1S/C22H23BrN2O5/c1-2-12-22(21(27)25-28)19(15-4-8-17(23)9-5-15)30-20(24-22)16-6-10-18(11-7-16)29-14-3-13-26/h2,4-11,19,26,28H,1,3,12-14H2,(H,25,27)/t19-,22-/m0/s1. The van der Waals surface area contributed by atoms with Crippen LogP contribution >= 0.6 is 15.9 Å². The molecule has 0 unspecified atom stereocenters. The van der Waals surface area contributed by atoms with Gasteiger partial charge < -0.3 is 14.6 Å². The lowest BCUT2D eigenvalue weighted by molar-refractivity contribution is -0.137. The molecule has 2 atom stereocenters. The maximum absolute atomic E-state index is 12.7. The number of nitrogens with one attached hydrogen (secondary N) is 1. The number of aliphatic imine (C=N–C) groups is 1. The van der Waals surface area contributed by atoms with E-state index >= 15 is 0 Å². The minimum absolute atomic E-state index is 0.0679. The van der Waals surface area contributed by atoms with Crippen molar-refractivity contribution in [2.75, 3.05) is 13.2 Å². The Bertz CT molecular complexity index is 914. The average Bonchev–Trinajstić information content (AvgIpc) is 3.15. The summed E-state index contributed by atoms with van der Waals surface area (Å²) in [6, 6.07) is 14.5. The Morgan fingerprint density at radius 2 is 1.97 bits per heavy atom. The molecule has 158 valence electrons. The Labute approximate surface area is 183 Å². The molecule has 0 saturated heterocycles. The van der Waals surface area contributed by atoms with Gasteiger partial charge in [-0.2, -0.15) is 0 Å². The van der Waals surface area contributed by atoms with E-state index in [2.05, 4.69) is 27.5 Å². The van der Waals surface area contributed by atoms with Gasteiger partial charge in [0.2, 0.25) is 5.90 Å². The van der Waals surface area contributed by atoms with Crippen LogP contribution in [-0.4, -0.2) is 40.9 Å². The number of rotatable bonds is 9. The first-order valence-corrected chi connectivity index (χ1v) is 10.2. The van der Waals surface area contributed by atoms with Crippen LogP contribution in [0.2, 0.25) is 0 Å². The van der Waals surface area contributed by atoms with Crippen molar-refractivity contribution in [2.24, 2.45) is 4.99 Å². The molecule has 2 aromatic rings. The van der Waals surface area contributed by atoms with Crippen LogP contribution in [0.5, 0.6) is 5.75 Å². The minimum atomic E-state index is -1.39. The molecule has 0 aliphatic carbocycles. The summed E-state index contributed by atoms with van der Waals surface area (Å²) in [6.45, 7) is 4.23. The Kier molecular flexibility index (Phi) is 7.25. The molecule has 0 fully saturated rings. The van der Waals surface area contributed by atoms with E-state index in [9.17, 15) is 10.0 Å². The van der Waals surface area contributed by atoms with E-state index in [4.69, 9.17) is 14.6 Å².